The number of nitrogens with zero attached hydrogens (tertiary/aromatic N) is 3. The third-order valence-electron chi connectivity index (χ3n) is 1.98. The Balaban J connectivity index is 3.50. The number of nitro groups is 3. The van der Waals surface area contributed by atoms with E-state index in [0.29, 0.717) is 12.1 Å². The van der Waals surface area contributed by atoms with Gasteiger partial charge in [0.2, 0.25) is 0 Å². The fourth-order valence-corrected chi connectivity index (χ4v) is 1.26. The average Bonchev–Trinajstić information content (AvgIpc) is 2.34. The summed E-state index contributed by atoms with van der Waals surface area (Å²) >= 11 is 0. The van der Waals surface area contributed by atoms with Crippen molar-refractivity contribution in [3.63, 3.8) is 0 Å². The predicted octanol–water partition coefficient (Wildman–Crippen LogP) is 0.782. The maximum Gasteiger partial charge on any atom is 0.325 e. The SMILES string of the molecule is O=[N+]([O-])c1cc([N+](=O)[O-])c(OCCO)c([N+](=O)[O-])c1. The number of rotatable bonds is 6. The maximum atomic E-state index is 10.8. The van der Waals surface area contributed by atoms with Gasteiger partial charge in [-0.25, -0.2) is 0 Å². The molecule has 0 bridgehead atoms. The van der Waals surface area contributed by atoms with E-state index in [1.54, 1.807) is 0 Å². The normalized spacial score (nSPS) is 9.95. The summed E-state index contributed by atoms with van der Waals surface area (Å²) in [6.07, 6.45) is 0. The molecule has 0 spiro atoms. The van der Waals surface area contributed by atoms with Crippen LogP contribution in [0.3, 0.4) is 0 Å². The summed E-state index contributed by atoms with van der Waals surface area (Å²) in [5.41, 5.74) is -2.61. The standard InChI is InChI=1S/C8H7N3O8/c12-1-2-19-8-6(10(15)16)3-5(9(13)14)4-7(8)11(17)18/h3-4,12H,1-2H2. The predicted molar refractivity (Wildman–Crippen MR) is 59.0 cm³/mol. The van der Waals surface area contributed by atoms with Crippen molar-refractivity contribution in [1.82, 2.24) is 0 Å². The Labute approximate surface area is 104 Å². The van der Waals surface area contributed by atoms with E-state index < -0.39 is 50.8 Å². The minimum Gasteiger partial charge on any atom is -0.480 e. The molecular weight excluding hydrogens is 266 g/mol. The van der Waals surface area contributed by atoms with Crippen molar-refractivity contribution in [1.29, 1.82) is 0 Å². The lowest BCUT2D eigenvalue weighted by molar-refractivity contribution is -0.404. The minimum atomic E-state index is -1.04. The molecule has 0 heterocycles. The van der Waals surface area contributed by atoms with E-state index >= 15 is 0 Å². The van der Waals surface area contributed by atoms with Gasteiger partial charge in [0.05, 0.1) is 33.5 Å². The van der Waals surface area contributed by atoms with Gasteiger partial charge >= 0.3 is 11.4 Å². The quantitative estimate of drug-likeness (QED) is 0.587. The summed E-state index contributed by atoms with van der Waals surface area (Å²) in [7, 11) is 0. The molecule has 11 heteroatoms. The van der Waals surface area contributed by atoms with Crippen molar-refractivity contribution in [3.8, 4) is 5.75 Å². The van der Waals surface area contributed by atoms with E-state index in [4.69, 9.17) is 9.84 Å². The van der Waals surface area contributed by atoms with Gasteiger partial charge in [-0.15, -0.1) is 0 Å². The molecule has 0 atom stereocenters. The first-order valence-corrected chi connectivity index (χ1v) is 4.73. The average molecular weight is 273 g/mol. The van der Waals surface area contributed by atoms with Crippen molar-refractivity contribution in [3.05, 3.63) is 42.5 Å². The highest BCUT2D eigenvalue weighted by molar-refractivity contribution is 5.65. The first kappa shape index (κ1) is 14.2. The molecule has 0 saturated heterocycles. The van der Waals surface area contributed by atoms with Crippen LogP contribution in [-0.2, 0) is 0 Å². The molecule has 1 aromatic carbocycles. The topological polar surface area (TPSA) is 159 Å². The lowest BCUT2D eigenvalue weighted by Crippen LogP contribution is -2.07. The molecule has 0 aliphatic carbocycles. The monoisotopic (exact) mass is 273 g/mol. The lowest BCUT2D eigenvalue weighted by Gasteiger charge is -2.05. The summed E-state index contributed by atoms with van der Waals surface area (Å²) < 4.78 is 4.72. The number of aliphatic hydroxyl groups excluding tert-OH is 1. The zero-order valence-electron chi connectivity index (χ0n) is 9.22. The summed E-state index contributed by atoms with van der Waals surface area (Å²) in [5, 5.41) is 40.6. The van der Waals surface area contributed by atoms with Gasteiger partial charge in [-0.2, -0.15) is 0 Å². The first-order valence-electron chi connectivity index (χ1n) is 4.73. The molecule has 0 saturated carbocycles. The fourth-order valence-electron chi connectivity index (χ4n) is 1.26. The number of non-ortho nitro benzene ring substituents is 1. The summed E-state index contributed by atoms with van der Waals surface area (Å²) in [6.45, 7) is -0.940. The summed E-state index contributed by atoms with van der Waals surface area (Å²) in [6, 6.07) is 1.11. The number of hydrogen-bond donors (Lipinski definition) is 1. The third kappa shape index (κ3) is 3.10. The second-order valence-corrected chi connectivity index (χ2v) is 3.16. The van der Waals surface area contributed by atoms with Crippen LogP contribution in [0.25, 0.3) is 0 Å². The van der Waals surface area contributed by atoms with E-state index in [9.17, 15) is 30.3 Å². The Kier molecular flexibility index (Phi) is 4.26. The fraction of sp³-hybridized carbons (Fsp3) is 0.250. The summed E-state index contributed by atoms with van der Waals surface area (Å²) in [4.78, 5) is 29.0. The van der Waals surface area contributed by atoms with Crippen LogP contribution in [-0.4, -0.2) is 33.1 Å². The molecular formula is C8H7N3O8. The molecule has 1 aromatic rings. The van der Waals surface area contributed by atoms with Crippen molar-refractivity contribution in [2.75, 3.05) is 13.2 Å². The highest BCUT2D eigenvalue weighted by Crippen LogP contribution is 2.40. The lowest BCUT2D eigenvalue weighted by atomic mass is 10.2. The Morgan fingerprint density at radius 1 is 1.00 bits per heavy atom. The molecule has 0 fully saturated rings. The van der Waals surface area contributed by atoms with Gasteiger partial charge in [-0.05, 0) is 0 Å². The molecule has 1 rings (SSSR count). The van der Waals surface area contributed by atoms with Crippen LogP contribution in [0, 0.1) is 30.3 Å². The van der Waals surface area contributed by atoms with Gasteiger partial charge in [0.1, 0.15) is 6.61 Å². The van der Waals surface area contributed by atoms with E-state index in [1.165, 1.54) is 0 Å². The van der Waals surface area contributed by atoms with Crippen LogP contribution in [0.1, 0.15) is 0 Å². The zero-order valence-corrected chi connectivity index (χ0v) is 9.22. The molecule has 0 aromatic heterocycles. The van der Waals surface area contributed by atoms with E-state index in [2.05, 4.69) is 0 Å². The molecule has 1 N–H and O–H groups in total. The number of nitro benzene ring substituents is 3. The minimum absolute atomic E-state index is 0.417. The number of benzene rings is 1. The van der Waals surface area contributed by atoms with Crippen molar-refractivity contribution in [2.45, 2.75) is 0 Å². The van der Waals surface area contributed by atoms with Crippen molar-refractivity contribution < 1.29 is 24.6 Å². The van der Waals surface area contributed by atoms with Crippen LogP contribution in [0.15, 0.2) is 12.1 Å². The number of ether oxygens (including phenoxy) is 1. The first-order chi connectivity index (χ1) is 8.88. The zero-order chi connectivity index (χ0) is 14.6. The van der Waals surface area contributed by atoms with Gasteiger partial charge in [-0.1, -0.05) is 0 Å². The molecule has 0 amide bonds. The molecule has 0 radical (unpaired) electrons. The van der Waals surface area contributed by atoms with Crippen LogP contribution in [0.2, 0.25) is 0 Å². The molecule has 0 aliphatic heterocycles. The van der Waals surface area contributed by atoms with Crippen molar-refractivity contribution in [2.24, 2.45) is 0 Å². The van der Waals surface area contributed by atoms with Gasteiger partial charge in [-0.3, -0.25) is 30.3 Å². The number of aliphatic hydroxyl groups is 1. The van der Waals surface area contributed by atoms with Crippen LogP contribution in [0.4, 0.5) is 17.1 Å². The van der Waals surface area contributed by atoms with E-state index in [0.717, 1.165) is 0 Å². The van der Waals surface area contributed by atoms with Gasteiger partial charge in [0, 0.05) is 0 Å². The second-order valence-electron chi connectivity index (χ2n) is 3.16. The highest BCUT2D eigenvalue weighted by Gasteiger charge is 2.31. The molecule has 102 valence electrons. The Morgan fingerprint density at radius 2 is 1.47 bits per heavy atom. The molecule has 0 unspecified atom stereocenters. The number of hydrogen-bond acceptors (Lipinski definition) is 8. The largest absolute Gasteiger partial charge is 0.480 e. The Hall–Kier alpha value is -2.82. The van der Waals surface area contributed by atoms with Crippen LogP contribution in [0.5, 0.6) is 5.75 Å². The summed E-state index contributed by atoms with van der Waals surface area (Å²) in [5.74, 6) is -0.727. The second kappa shape index (κ2) is 5.68. The molecule has 0 aliphatic rings. The maximum absolute atomic E-state index is 10.8. The van der Waals surface area contributed by atoms with E-state index in [-0.39, 0.29) is 0 Å². The Morgan fingerprint density at radius 3 is 1.79 bits per heavy atom. The van der Waals surface area contributed by atoms with E-state index in [1.807, 2.05) is 0 Å². The Bertz CT molecular complexity index is 508. The smallest absolute Gasteiger partial charge is 0.325 e. The van der Waals surface area contributed by atoms with Gasteiger partial charge < -0.3 is 9.84 Å². The molecule has 11 nitrogen and oxygen atoms in total. The van der Waals surface area contributed by atoms with Crippen LogP contribution >= 0.6 is 0 Å². The van der Waals surface area contributed by atoms with Crippen LogP contribution < -0.4 is 4.74 Å². The van der Waals surface area contributed by atoms with Gasteiger partial charge in [0.15, 0.2) is 0 Å². The highest BCUT2D eigenvalue weighted by atomic mass is 16.6. The van der Waals surface area contributed by atoms with Crippen molar-refractivity contribution >= 4 is 17.1 Å². The van der Waals surface area contributed by atoms with Gasteiger partial charge in [0.25, 0.3) is 11.4 Å². The third-order valence-corrected chi connectivity index (χ3v) is 1.98. The molecule has 19 heavy (non-hydrogen) atoms.